The zero-order valence-electron chi connectivity index (χ0n) is 13.9. The van der Waals surface area contributed by atoms with Crippen LogP contribution in [0.3, 0.4) is 0 Å². The van der Waals surface area contributed by atoms with E-state index in [1.54, 1.807) is 0 Å². The second-order valence-corrected chi connectivity index (χ2v) is 6.17. The monoisotopic (exact) mass is 389 g/mol. The van der Waals surface area contributed by atoms with Gasteiger partial charge >= 0.3 is 13.8 Å². The number of nitrogens with two attached hydrogens (primary N) is 1. The number of nitrogens with zero attached hydrogens (tertiary/aromatic N) is 2. The number of pyridine rings is 1. The molecule has 0 saturated heterocycles. The van der Waals surface area contributed by atoms with Crippen LogP contribution in [0.5, 0.6) is 5.75 Å². The van der Waals surface area contributed by atoms with Crippen molar-refractivity contribution in [3.8, 4) is 5.75 Å². The highest BCUT2D eigenvalue weighted by Crippen LogP contribution is 2.38. The highest BCUT2D eigenvalue weighted by molar-refractivity contribution is 7.46. The highest BCUT2D eigenvalue weighted by Gasteiger charge is 2.18. The lowest BCUT2D eigenvalue weighted by Gasteiger charge is -2.12. The zero-order chi connectivity index (χ0) is 19.7. The van der Waals surface area contributed by atoms with Crippen molar-refractivity contribution in [2.45, 2.75) is 20.1 Å². The van der Waals surface area contributed by atoms with E-state index < -0.39 is 20.4 Å². The molecule has 1 rings (SSSR count). The molecule has 1 aromatic heterocycles. The minimum atomic E-state index is -4.73. The molecule has 0 aromatic carbocycles. The number of aliphatic imine (C=N–C) groups is 1. The van der Waals surface area contributed by atoms with Crippen LogP contribution in [0.1, 0.15) is 16.8 Å². The standard InChI is InChI=1S/C14H20N3O8P/c1-9-13(18)11(10(6-16-9)8-25-26(21,22)23)7-17-12(14(19)20)2-4-24-5-3-15/h2,4,6,18H,3,5,7-8,15H2,1H3,(H,19,20)(H2,21,22,23). The number of aromatic nitrogens is 1. The van der Waals surface area contributed by atoms with Crippen LogP contribution < -0.4 is 5.73 Å². The van der Waals surface area contributed by atoms with Gasteiger partial charge in [-0.25, -0.2) is 9.36 Å². The Labute approximate surface area is 149 Å². The van der Waals surface area contributed by atoms with Crippen LogP contribution in [0.15, 0.2) is 23.5 Å². The summed E-state index contributed by atoms with van der Waals surface area (Å²) in [6, 6.07) is 0. The lowest BCUT2D eigenvalue weighted by molar-refractivity contribution is -0.129. The SMILES string of the molecule is Cc1ncc(COP(=O)(O)O)c(CN=C(C=COCCN)C(=O)O)c1O. The molecule has 26 heavy (non-hydrogen) atoms. The third-order valence-corrected chi connectivity index (χ3v) is 3.47. The lowest BCUT2D eigenvalue weighted by Crippen LogP contribution is -2.12. The fourth-order valence-electron chi connectivity index (χ4n) is 1.74. The van der Waals surface area contributed by atoms with Crippen LogP contribution in [-0.4, -0.2) is 49.8 Å². The quantitative estimate of drug-likeness (QED) is 0.160. The van der Waals surface area contributed by atoms with Crippen molar-refractivity contribution in [3.05, 3.63) is 35.4 Å². The van der Waals surface area contributed by atoms with E-state index in [1.807, 2.05) is 0 Å². The number of rotatable bonds is 10. The summed E-state index contributed by atoms with van der Waals surface area (Å²) in [5.74, 6) is -1.59. The minimum Gasteiger partial charge on any atom is -0.506 e. The average molecular weight is 389 g/mol. The molecule has 0 aliphatic carbocycles. The Kier molecular flexibility index (Phi) is 8.36. The molecule has 6 N–H and O–H groups in total. The van der Waals surface area contributed by atoms with Crippen LogP contribution in [0.2, 0.25) is 0 Å². The van der Waals surface area contributed by atoms with E-state index in [-0.39, 0.29) is 48.0 Å². The molecule has 0 amide bonds. The van der Waals surface area contributed by atoms with Crippen molar-refractivity contribution < 1.29 is 38.6 Å². The molecule has 0 spiro atoms. The molecule has 1 heterocycles. The summed E-state index contributed by atoms with van der Waals surface area (Å²) in [5.41, 5.74) is 5.43. The van der Waals surface area contributed by atoms with Gasteiger partial charge in [0.15, 0.2) is 0 Å². The van der Waals surface area contributed by atoms with Gasteiger partial charge in [-0.15, -0.1) is 0 Å². The summed E-state index contributed by atoms with van der Waals surface area (Å²) < 4.78 is 20.2. The number of carboxylic acids is 1. The number of phosphoric acid groups is 1. The topological polar surface area (TPSA) is 185 Å². The number of aryl methyl sites for hydroxylation is 1. The lowest BCUT2D eigenvalue weighted by atomic mass is 10.1. The van der Waals surface area contributed by atoms with Crippen molar-refractivity contribution >= 4 is 19.5 Å². The van der Waals surface area contributed by atoms with E-state index in [9.17, 15) is 14.5 Å². The number of hydrogen-bond acceptors (Lipinski definition) is 8. The number of phosphoric ester groups is 1. The van der Waals surface area contributed by atoms with E-state index in [1.165, 1.54) is 13.1 Å². The van der Waals surface area contributed by atoms with E-state index >= 15 is 0 Å². The van der Waals surface area contributed by atoms with Crippen LogP contribution in [0.25, 0.3) is 0 Å². The van der Waals surface area contributed by atoms with Crippen LogP contribution in [0.4, 0.5) is 0 Å². The fraction of sp³-hybridized carbons (Fsp3) is 0.357. The molecule has 1 aromatic rings. The number of carboxylic acid groups (broad SMARTS) is 1. The van der Waals surface area contributed by atoms with Gasteiger partial charge in [-0.1, -0.05) is 0 Å². The number of aromatic hydroxyl groups is 1. The van der Waals surface area contributed by atoms with Crippen molar-refractivity contribution in [1.29, 1.82) is 0 Å². The maximum Gasteiger partial charge on any atom is 0.469 e. The molecule has 0 radical (unpaired) electrons. The first-order chi connectivity index (χ1) is 12.2. The number of ether oxygens (including phenoxy) is 1. The Hall–Kier alpha value is -2.30. The number of aliphatic carboxylic acids is 1. The molecule has 0 aliphatic rings. The molecule has 0 bridgehead atoms. The Balaban J connectivity index is 3.07. The Morgan fingerprint density at radius 3 is 2.73 bits per heavy atom. The van der Waals surface area contributed by atoms with Crippen molar-refractivity contribution in [3.63, 3.8) is 0 Å². The zero-order valence-corrected chi connectivity index (χ0v) is 14.8. The molecular formula is C14H20N3O8P. The molecule has 0 fully saturated rings. The van der Waals surface area contributed by atoms with Crippen LogP contribution in [0, 0.1) is 6.92 Å². The largest absolute Gasteiger partial charge is 0.506 e. The van der Waals surface area contributed by atoms with Gasteiger partial charge in [0.2, 0.25) is 0 Å². The average Bonchev–Trinajstić information content (AvgIpc) is 2.55. The normalized spacial score (nSPS) is 12.5. The van der Waals surface area contributed by atoms with Gasteiger partial charge in [-0.05, 0) is 6.92 Å². The van der Waals surface area contributed by atoms with E-state index in [2.05, 4.69) is 14.5 Å². The summed E-state index contributed by atoms with van der Waals surface area (Å²) in [5, 5.41) is 19.3. The van der Waals surface area contributed by atoms with Gasteiger partial charge in [0.05, 0.1) is 31.7 Å². The van der Waals surface area contributed by atoms with Crippen molar-refractivity contribution in [1.82, 2.24) is 4.98 Å². The number of carbonyl (C=O) groups is 1. The van der Waals surface area contributed by atoms with Gasteiger partial charge in [0.1, 0.15) is 11.5 Å². The molecule has 0 atom stereocenters. The molecular weight excluding hydrogens is 369 g/mol. The summed E-state index contributed by atoms with van der Waals surface area (Å²) in [6.07, 6.45) is 3.51. The van der Waals surface area contributed by atoms with Gasteiger partial charge in [0, 0.05) is 29.9 Å². The predicted octanol–water partition coefficient (Wildman–Crippen LogP) is 0.220. The maximum atomic E-state index is 11.2. The molecule has 12 heteroatoms. The first kappa shape index (κ1) is 21.7. The highest BCUT2D eigenvalue weighted by atomic mass is 31.2. The third-order valence-electron chi connectivity index (χ3n) is 3.00. The van der Waals surface area contributed by atoms with Gasteiger partial charge in [-0.3, -0.25) is 14.5 Å². The van der Waals surface area contributed by atoms with E-state index in [4.69, 9.17) is 25.4 Å². The smallest absolute Gasteiger partial charge is 0.469 e. The van der Waals surface area contributed by atoms with Crippen LogP contribution in [-0.2, 0) is 31.8 Å². The second kappa shape index (κ2) is 10.00. The van der Waals surface area contributed by atoms with Gasteiger partial charge < -0.3 is 30.5 Å². The first-order valence-electron chi connectivity index (χ1n) is 7.28. The van der Waals surface area contributed by atoms with Crippen molar-refractivity contribution in [2.75, 3.05) is 13.2 Å². The Bertz CT molecular complexity index is 744. The second-order valence-electron chi connectivity index (χ2n) is 4.93. The Morgan fingerprint density at radius 2 is 2.15 bits per heavy atom. The van der Waals surface area contributed by atoms with Gasteiger partial charge in [0.25, 0.3) is 0 Å². The molecule has 144 valence electrons. The molecule has 11 nitrogen and oxygen atoms in total. The summed E-state index contributed by atoms with van der Waals surface area (Å²) in [4.78, 5) is 36.6. The molecule has 0 saturated carbocycles. The van der Waals surface area contributed by atoms with Crippen LogP contribution >= 0.6 is 7.82 Å². The molecule has 0 unspecified atom stereocenters. The van der Waals surface area contributed by atoms with E-state index in [0.29, 0.717) is 0 Å². The van der Waals surface area contributed by atoms with Gasteiger partial charge in [-0.2, -0.15) is 0 Å². The van der Waals surface area contributed by atoms with Crippen molar-refractivity contribution in [2.24, 2.45) is 10.7 Å². The first-order valence-corrected chi connectivity index (χ1v) is 8.81. The van der Waals surface area contributed by atoms with E-state index in [0.717, 1.165) is 12.3 Å². The molecule has 0 aliphatic heterocycles. The summed E-state index contributed by atoms with van der Waals surface area (Å²) in [7, 11) is -4.73. The predicted molar refractivity (Wildman–Crippen MR) is 90.4 cm³/mol. The third kappa shape index (κ3) is 7.30. The minimum absolute atomic E-state index is 0.140. The maximum absolute atomic E-state index is 11.2. The number of hydrogen-bond donors (Lipinski definition) is 5. The summed E-state index contributed by atoms with van der Waals surface area (Å²) >= 11 is 0. The fourth-order valence-corrected chi connectivity index (χ4v) is 2.05. The Morgan fingerprint density at radius 1 is 1.46 bits per heavy atom. The summed E-state index contributed by atoms with van der Waals surface area (Å²) in [6.45, 7) is 1.16.